The molecule has 10 aromatic rings. The molecule has 0 radical (unpaired) electrons. The lowest BCUT2D eigenvalue weighted by Gasteiger charge is -2.42. The normalized spacial score (nSPS) is 13.0. The first kappa shape index (κ1) is 36.2. The maximum Gasteiger partial charge on any atom is 0.0707 e. The molecule has 286 valence electrons. The summed E-state index contributed by atoms with van der Waals surface area (Å²) in [6, 6.07) is 69.3. The van der Waals surface area contributed by atoms with Crippen molar-refractivity contribution in [3.05, 3.63) is 216 Å². The van der Waals surface area contributed by atoms with Crippen LogP contribution in [-0.4, -0.2) is 4.57 Å². The summed E-state index contributed by atoms with van der Waals surface area (Å²) in [7, 11) is 0. The molecular weight excluding hydrogens is 717 g/mol. The second kappa shape index (κ2) is 14.7. The van der Waals surface area contributed by atoms with Gasteiger partial charge in [0.25, 0.3) is 0 Å². The van der Waals surface area contributed by atoms with E-state index in [1.807, 2.05) is 18.2 Å². The number of hydrogen-bond acceptors (Lipinski definition) is 3. The molecule has 11 rings (SSSR count). The van der Waals surface area contributed by atoms with E-state index < -0.39 is 0 Å². The third kappa shape index (κ3) is 6.21. The molecule has 4 N–H and O–H groups in total. The van der Waals surface area contributed by atoms with Gasteiger partial charge in [-0.3, -0.25) is 0 Å². The maximum absolute atomic E-state index is 6.36. The number of benzene rings is 9. The van der Waals surface area contributed by atoms with Gasteiger partial charge in [0.05, 0.1) is 29.1 Å². The summed E-state index contributed by atoms with van der Waals surface area (Å²) >= 11 is 0. The van der Waals surface area contributed by atoms with Crippen molar-refractivity contribution in [1.82, 2.24) is 4.57 Å². The molecule has 0 spiro atoms. The van der Waals surface area contributed by atoms with E-state index in [4.69, 9.17) is 11.5 Å². The first-order valence-corrected chi connectivity index (χ1v) is 20.4. The first-order chi connectivity index (χ1) is 28.9. The van der Waals surface area contributed by atoms with Crippen LogP contribution in [0.4, 0.5) is 22.7 Å². The Labute approximate surface area is 345 Å². The van der Waals surface area contributed by atoms with Crippen LogP contribution >= 0.6 is 0 Å². The van der Waals surface area contributed by atoms with Crippen LogP contribution < -0.4 is 16.4 Å². The number of fused-ring (bicyclic) bond motifs is 8. The third-order valence-electron chi connectivity index (χ3n) is 12.3. The summed E-state index contributed by atoms with van der Waals surface area (Å²) in [5.74, 6) is 0. The van der Waals surface area contributed by atoms with Gasteiger partial charge in [0.15, 0.2) is 0 Å². The zero-order valence-electron chi connectivity index (χ0n) is 33.4. The van der Waals surface area contributed by atoms with Gasteiger partial charge in [-0.15, -0.1) is 0 Å². The molecule has 9 aromatic carbocycles. The number of para-hydroxylation sites is 2. The third-order valence-corrected chi connectivity index (χ3v) is 12.3. The summed E-state index contributed by atoms with van der Waals surface area (Å²) in [5.41, 5.74) is 26.9. The molecule has 0 unspecified atom stereocenters. The van der Waals surface area contributed by atoms with Crippen LogP contribution in [-0.2, 0) is 18.5 Å². The lowest BCUT2D eigenvalue weighted by Crippen LogP contribution is -2.30. The van der Waals surface area contributed by atoms with E-state index >= 15 is 0 Å². The maximum atomic E-state index is 6.36. The molecular formula is C55H46N4. The highest BCUT2D eigenvalue weighted by atomic mass is 15.2. The van der Waals surface area contributed by atoms with Gasteiger partial charge in [-0.25, -0.2) is 0 Å². The Balaban J connectivity index is 0.000000195. The van der Waals surface area contributed by atoms with Crippen LogP contribution in [0.3, 0.4) is 0 Å². The van der Waals surface area contributed by atoms with Crippen molar-refractivity contribution < 1.29 is 0 Å². The minimum atomic E-state index is -0.118. The molecule has 1 aliphatic heterocycles. The van der Waals surface area contributed by atoms with Crippen LogP contribution in [0.15, 0.2) is 194 Å². The highest BCUT2D eigenvalue weighted by molar-refractivity contribution is 6.21. The molecule has 0 aliphatic carbocycles. The average Bonchev–Trinajstić information content (AvgIpc) is 3.62. The van der Waals surface area contributed by atoms with Crippen molar-refractivity contribution in [3.63, 3.8) is 0 Å². The molecule has 1 aromatic heterocycles. The second-order valence-electron chi connectivity index (χ2n) is 16.1. The highest BCUT2D eigenvalue weighted by Crippen LogP contribution is 2.52. The van der Waals surface area contributed by atoms with Crippen molar-refractivity contribution in [3.8, 4) is 11.1 Å². The topological polar surface area (TPSA) is 60.2 Å². The van der Waals surface area contributed by atoms with Gasteiger partial charge in [0.2, 0.25) is 0 Å². The summed E-state index contributed by atoms with van der Waals surface area (Å²) in [4.78, 5) is 2.42. The van der Waals surface area contributed by atoms with Gasteiger partial charge in [-0.2, -0.15) is 0 Å². The Morgan fingerprint density at radius 2 is 1.10 bits per heavy atom. The van der Waals surface area contributed by atoms with Gasteiger partial charge in [0.1, 0.15) is 0 Å². The Bertz CT molecular complexity index is 3160. The molecule has 0 atom stereocenters. The van der Waals surface area contributed by atoms with E-state index in [1.54, 1.807) is 0 Å². The average molecular weight is 763 g/mol. The Kier molecular flexibility index (Phi) is 9.00. The van der Waals surface area contributed by atoms with Crippen molar-refractivity contribution in [2.75, 3.05) is 10.6 Å². The van der Waals surface area contributed by atoms with Crippen LogP contribution in [0, 0.1) is 0 Å². The molecule has 0 bridgehead atoms. The quantitative estimate of drug-likeness (QED) is 0.172. The minimum Gasteiger partial charge on any atom is -0.398 e. The minimum absolute atomic E-state index is 0.118. The SMILES string of the molecule is CC1(C)c2ccccc2N(c2ccccc2)c2cc(-c3ccc4c5c6ccccc6ccc5n(CN)c4c3)ccc21.Nc1c(Cc2ccccc2)ccc2ccccc12. The predicted molar refractivity (Wildman–Crippen MR) is 251 cm³/mol. The fourth-order valence-corrected chi connectivity index (χ4v) is 9.30. The number of aromatic nitrogens is 1. The lowest BCUT2D eigenvalue weighted by molar-refractivity contribution is 0.632. The number of nitrogens with zero attached hydrogens (tertiary/aromatic N) is 2. The fourth-order valence-electron chi connectivity index (χ4n) is 9.30. The Morgan fingerprint density at radius 3 is 1.88 bits per heavy atom. The molecule has 59 heavy (non-hydrogen) atoms. The van der Waals surface area contributed by atoms with E-state index in [9.17, 15) is 0 Å². The van der Waals surface area contributed by atoms with E-state index in [-0.39, 0.29) is 5.41 Å². The van der Waals surface area contributed by atoms with Crippen LogP contribution in [0.1, 0.15) is 36.1 Å². The summed E-state index contributed by atoms with van der Waals surface area (Å²) < 4.78 is 2.24. The monoisotopic (exact) mass is 762 g/mol. The molecule has 4 heteroatoms. The van der Waals surface area contributed by atoms with Crippen molar-refractivity contribution in [2.45, 2.75) is 32.4 Å². The number of rotatable bonds is 5. The van der Waals surface area contributed by atoms with Crippen molar-refractivity contribution in [2.24, 2.45) is 5.73 Å². The number of nitrogen functional groups attached to an aromatic ring is 1. The van der Waals surface area contributed by atoms with E-state index in [0.717, 1.165) is 17.5 Å². The van der Waals surface area contributed by atoms with Crippen LogP contribution in [0.25, 0.3) is 54.5 Å². The van der Waals surface area contributed by atoms with Crippen molar-refractivity contribution in [1.29, 1.82) is 0 Å². The standard InChI is InChI=1S/C38H31N3.C17H15N/c1-38(2)31-14-8-9-15-33(31)41(28-11-4-3-5-12-28)36-23-27(17-20-32(36)38)26-16-19-30-35(22-26)40(24-39)34-21-18-25-10-6-7-13-29(25)37(30)34;18-17-15(12-13-6-2-1-3-7-13)11-10-14-8-4-5-9-16(14)17/h3-23H,24,39H2,1-2H3;1-11H,12,18H2. The molecule has 0 amide bonds. The van der Waals surface area contributed by atoms with Gasteiger partial charge < -0.3 is 20.9 Å². The fraction of sp³-hybridized carbons (Fsp3) is 0.0909. The Hall–Kier alpha value is -7.14. The molecule has 4 nitrogen and oxygen atoms in total. The van der Waals surface area contributed by atoms with Gasteiger partial charge in [-0.1, -0.05) is 172 Å². The molecule has 2 heterocycles. The summed E-state index contributed by atoms with van der Waals surface area (Å²) in [6.07, 6.45) is 0.886. The van der Waals surface area contributed by atoms with E-state index in [1.165, 1.54) is 88.4 Å². The smallest absolute Gasteiger partial charge is 0.0707 e. The van der Waals surface area contributed by atoms with Crippen molar-refractivity contribution >= 4 is 66.1 Å². The van der Waals surface area contributed by atoms with Crippen LogP contribution in [0.5, 0.6) is 0 Å². The van der Waals surface area contributed by atoms with Gasteiger partial charge in [0, 0.05) is 32.9 Å². The molecule has 1 aliphatic rings. The van der Waals surface area contributed by atoms with E-state index in [0.29, 0.717) is 6.67 Å². The lowest BCUT2D eigenvalue weighted by atomic mass is 9.73. The first-order valence-electron chi connectivity index (χ1n) is 20.4. The Morgan fingerprint density at radius 1 is 0.492 bits per heavy atom. The zero-order valence-corrected chi connectivity index (χ0v) is 33.4. The predicted octanol–water partition coefficient (Wildman–Crippen LogP) is 13.7. The highest BCUT2D eigenvalue weighted by Gasteiger charge is 2.36. The number of nitrogens with two attached hydrogens (primary N) is 2. The number of anilines is 4. The molecule has 0 fully saturated rings. The zero-order chi connectivity index (χ0) is 40.1. The van der Waals surface area contributed by atoms with E-state index in [2.05, 4.69) is 199 Å². The van der Waals surface area contributed by atoms with Crippen LogP contribution in [0.2, 0.25) is 0 Å². The molecule has 0 saturated heterocycles. The molecule has 0 saturated carbocycles. The summed E-state index contributed by atoms with van der Waals surface area (Å²) in [5, 5.41) is 7.37. The largest absolute Gasteiger partial charge is 0.398 e. The summed E-state index contributed by atoms with van der Waals surface area (Å²) in [6.45, 7) is 5.10. The second-order valence-corrected chi connectivity index (χ2v) is 16.1. The van der Waals surface area contributed by atoms with Gasteiger partial charge in [-0.05, 0) is 92.4 Å². The number of hydrogen-bond donors (Lipinski definition) is 2. The van der Waals surface area contributed by atoms with Gasteiger partial charge >= 0.3 is 0 Å².